The van der Waals surface area contributed by atoms with E-state index in [2.05, 4.69) is 5.32 Å². The van der Waals surface area contributed by atoms with Crippen LogP contribution in [0.15, 0.2) is 83.9 Å². The normalized spacial score (nSPS) is 16.6. The van der Waals surface area contributed by atoms with Gasteiger partial charge in [-0.05, 0) is 48.9 Å². The van der Waals surface area contributed by atoms with Gasteiger partial charge in [0.15, 0.2) is 5.82 Å². The fourth-order valence-electron chi connectivity index (χ4n) is 4.45. The fourth-order valence-corrected chi connectivity index (χ4v) is 4.45. The number of halogens is 1. The van der Waals surface area contributed by atoms with Crippen LogP contribution in [-0.4, -0.2) is 21.5 Å². The fraction of sp³-hybridized carbons (Fsp3) is 0.0800. The standard InChI is InChI=1S/C25H18FN5O/c1-15-21-22(16-11-13-17(26)14-12-16)30-20-10-6-5-9-19(20)27-25(32)24(30)28-23(21)31(29-15)18-7-3-2-4-8-18/h2-14,22H,1H3,(H,27,32)/t22-/m0/s1. The van der Waals surface area contributed by atoms with Gasteiger partial charge in [0.2, 0.25) is 5.84 Å². The number of anilines is 2. The molecule has 1 amide bonds. The molecule has 4 aromatic rings. The molecule has 0 saturated heterocycles. The van der Waals surface area contributed by atoms with Gasteiger partial charge in [-0.25, -0.2) is 14.1 Å². The first kappa shape index (κ1) is 18.5. The van der Waals surface area contributed by atoms with Crippen molar-refractivity contribution in [3.63, 3.8) is 0 Å². The summed E-state index contributed by atoms with van der Waals surface area (Å²) in [5.74, 6) is 0.276. The summed E-state index contributed by atoms with van der Waals surface area (Å²) in [6, 6.07) is 23.3. The highest BCUT2D eigenvalue weighted by Gasteiger charge is 2.42. The van der Waals surface area contributed by atoms with Crippen molar-refractivity contribution in [2.45, 2.75) is 13.0 Å². The SMILES string of the molecule is Cc1nn(-c2ccccc2)c2c1[C@H](c1ccc(F)cc1)N1C(=N2)C(=O)Nc2ccccc21. The maximum Gasteiger partial charge on any atom is 0.291 e. The third-order valence-electron chi connectivity index (χ3n) is 5.85. The number of hydrogen-bond donors (Lipinski definition) is 1. The second-order valence-electron chi connectivity index (χ2n) is 7.80. The number of fused-ring (bicyclic) bond motifs is 4. The number of nitrogens with one attached hydrogen (secondary N) is 1. The topological polar surface area (TPSA) is 62.5 Å². The van der Waals surface area contributed by atoms with Gasteiger partial charge >= 0.3 is 0 Å². The molecule has 6 rings (SSSR count). The molecule has 1 atom stereocenters. The van der Waals surface area contributed by atoms with Gasteiger partial charge < -0.3 is 10.2 Å². The molecule has 0 saturated carbocycles. The Kier molecular flexibility index (Phi) is 3.98. The van der Waals surface area contributed by atoms with Crippen molar-refractivity contribution < 1.29 is 9.18 Å². The van der Waals surface area contributed by atoms with E-state index in [1.54, 1.807) is 16.8 Å². The molecule has 0 spiro atoms. The molecule has 7 heteroatoms. The van der Waals surface area contributed by atoms with Gasteiger partial charge in [-0.1, -0.05) is 42.5 Å². The number of amidine groups is 1. The third-order valence-corrected chi connectivity index (χ3v) is 5.85. The first-order valence-electron chi connectivity index (χ1n) is 10.3. The highest BCUT2D eigenvalue weighted by Crippen LogP contribution is 2.47. The summed E-state index contributed by atoms with van der Waals surface area (Å²) in [6.07, 6.45) is 0. The van der Waals surface area contributed by atoms with Crippen LogP contribution in [0.4, 0.5) is 21.6 Å². The Morgan fingerprint density at radius 1 is 0.938 bits per heavy atom. The van der Waals surface area contributed by atoms with Gasteiger partial charge in [-0.15, -0.1) is 0 Å². The molecule has 0 fully saturated rings. The van der Waals surface area contributed by atoms with E-state index in [9.17, 15) is 9.18 Å². The summed E-state index contributed by atoms with van der Waals surface area (Å²) in [4.78, 5) is 19.8. The maximum atomic E-state index is 13.8. The molecule has 1 aromatic heterocycles. The zero-order valence-corrected chi connectivity index (χ0v) is 17.2. The van der Waals surface area contributed by atoms with Crippen LogP contribution >= 0.6 is 0 Å². The van der Waals surface area contributed by atoms with E-state index < -0.39 is 0 Å². The van der Waals surface area contributed by atoms with E-state index >= 15 is 0 Å². The number of carbonyl (C=O) groups is 1. The summed E-state index contributed by atoms with van der Waals surface area (Å²) >= 11 is 0. The monoisotopic (exact) mass is 423 g/mol. The molecular weight excluding hydrogens is 405 g/mol. The molecule has 32 heavy (non-hydrogen) atoms. The highest BCUT2D eigenvalue weighted by atomic mass is 19.1. The number of nitrogens with zero attached hydrogens (tertiary/aromatic N) is 4. The van der Waals surface area contributed by atoms with E-state index in [1.807, 2.05) is 66.4 Å². The van der Waals surface area contributed by atoms with Crippen LogP contribution in [0.5, 0.6) is 0 Å². The van der Waals surface area contributed by atoms with Crippen molar-refractivity contribution in [1.29, 1.82) is 0 Å². The van der Waals surface area contributed by atoms with E-state index in [0.717, 1.165) is 28.2 Å². The minimum absolute atomic E-state index is 0.280. The minimum Gasteiger partial charge on any atom is -0.317 e. The lowest BCUT2D eigenvalue weighted by Gasteiger charge is -2.40. The van der Waals surface area contributed by atoms with Gasteiger partial charge in [-0.2, -0.15) is 5.10 Å². The highest BCUT2D eigenvalue weighted by molar-refractivity contribution is 6.50. The Morgan fingerprint density at radius 2 is 1.66 bits per heavy atom. The first-order chi connectivity index (χ1) is 15.6. The number of aryl methyl sites for hydroxylation is 1. The van der Waals surface area contributed by atoms with Crippen LogP contribution < -0.4 is 10.2 Å². The Bertz CT molecular complexity index is 1390. The van der Waals surface area contributed by atoms with Gasteiger partial charge in [0.05, 0.1) is 28.8 Å². The molecule has 2 aliphatic rings. The van der Waals surface area contributed by atoms with E-state index in [4.69, 9.17) is 10.1 Å². The Hall–Kier alpha value is -4.26. The lowest BCUT2D eigenvalue weighted by molar-refractivity contribution is -0.110. The number of para-hydroxylation sites is 3. The molecule has 0 radical (unpaired) electrons. The van der Waals surface area contributed by atoms with E-state index in [1.165, 1.54) is 12.1 Å². The molecule has 3 aromatic carbocycles. The molecule has 0 aliphatic carbocycles. The van der Waals surface area contributed by atoms with Gasteiger partial charge in [0.1, 0.15) is 5.82 Å². The average molecular weight is 423 g/mol. The lowest BCUT2D eigenvalue weighted by Crippen LogP contribution is -2.48. The summed E-state index contributed by atoms with van der Waals surface area (Å²) in [5.41, 5.74) is 4.92. The molecule has 1 N–H and O–H groups in total. The van der Waals surface area contributed by atoms with Crippen molar-refractivity contribution in [1.82, 2.24) is 9.78 Å². The Labute approximate surface area is 183 Å². The summed E-state index contributed by atoms with van der Waals surface area (Å²) < 4.78 is 15.5. The molecule has 0 bridgehead atoms. The van der Waals surface area contributed by atoms with Crippen LogP contribution in [0, 0.1) is 12.7 Å². The molecule has 6 nitrogen and oxygen atoms in total. The molecule has 0 unspecified atom stereocenters. The van der Waals surface area contributed by atoms with E-state index in [-0.39, 0.29) is 23.6 Å². The van der Waals surface area contributed by atoms with Crippen molar-refractivity contribution in [2.75, 3.05) is 10.2 Å². The average Bonchev–Trinajstić information content (AvgIpc) is 3.15. The van der Waals surface area contributed by atoms with Gasteiger partial charge in [-0.3, -0.25) is 4.79 Å². The molecule has 2 aliphatic heterocycles. The molecule has 3 heterocycles. The summed E-state index contributed by atoms with van der Waals surface area (Å²) in [7, 11) is 0. The zero-order chi connectivity index (χ0) is 21.8. The predicted molar refractivity (Wildman–Crippen MR) is 121 cm³/mol. The summed E-state index contributed by atoms with van der Waals surface area (Å²) in [6.45, 7) is 1.94. The largest absolute Gasteiger partial charge is 0.317 e. The lowest BCUT2D eigenvalue weighted by atomic mass is 9.93. The Morgan fingerprint density at radius 3 is 2.44 bits per heavy atom. The Balaban J connectivity index is 1.66. The van der Waals surface area contributed by atoms with Crippen LogP contribution in [0.1, 0.15) is 22.9 Å². The van der Waals surface area contributed by atoms with Crippen molar-refractivity contribution in [2.24, 2.45) is 4.99 Å². The van der Waals surface area contributed by atoms with Gasteiger partial charge in [0, 0.05) is 5.56 Å². The van der Waals surface area contributed by atoms with E-state index in [0.29, 0.717) is 11.5 Å². The number of aromatic nitrogens is 2. The third kappa shape index (κ3) is 2.68. The second kappa shape index (κ2) is 6.88. The van der Waals surface area contributed by atoms with Crippen molar-refractivity contribution in [3.8, 4) is 5.69 Å². The number of hydrogen-bond acceptors (Lipinski definition) is 4. The maximum absolute atomic E-state index is 13.8. The summed E-state index contributed by atoms with van der Waals surface area (Å²) in [5, 5.41) is 7.71. The number of carbonyl (C=O) groups excluding carboxylic acids is 1. The first-order valence-corrected chi connectivity index (χ1v) is 10.3. The van der Waals surface area contributed by atoms with Gasteiger partial charge in [0.25, 0.3) is 5.91 Å². The van der Waals surface area contributed by atoms with Crippen LogP contribution in [0.3, 0.4) is 0 Å². The minimum atomic E-state index is -0.386. The smallest absolute Gasteiger partial charge is 0.291 e. The second-order valence-corrected chi connectivity index (χ2v) is 7.80. The van der Waals surface area contributed by atoms with Crippen LogP contribution in [0.2, 0.25) is 0 Å². The number of benzene rings is 3. The van der Waals surface area contributed by atoms with Crippen LogP contribution in [-0.2, 0) is 4.79 Å². The van der Waals surface area contributed by atoms with Crippen LogP contribution in [0.25, 0.3) is 5.69 Å². The number of aliphatic imine (C=N–C) groups is 1. The predicted octanol–water partition coefficient (Wildman–Crippen LogP) is 4.91. The molecule has 156 valence electrons. The quantitative estimate of drug-likeness (QED) is 0.498. The van der Waals surface area contributed by atoms with Crippen molar-refractivity contribution >= 4 is 28.9 Å². The zero-order valence-electron chi connectivity index (χ0n) is 17.2. The van der Waals surface area contributed by atoms with Crippen molar-refractivity contribution in [3.05, 3.63) is 102 Å². The number of rotatable bonds is 2. The molecular formula is C25H18FN5O. The number of amides is 1.